The predicted molar refractivity (Wildman–Crippen MR) is 66.0 cm³/mol. The standard InChI is InChI=1S/C11H7F2N3O2.ClH/c12-7-2-1-5(3-8(7)13)9-6(10(14)17)4-15-11(18)16-9;/h1-4H,(H2,14,17)(H,15,16,18);1H. The van der Waals surface area contributed by atoms with Gasteiger partial charge < -0.3 is 10.7 Å². The van der Waals surface area contributed by atoms with Crippen molar-refractivity contribution in [2.45, 2.75) is 0 Å². The van der Waals surface area contributed by atoms with Crippen molar-refractivity contribution in [3.8, 4) is 11.3 Å². The Hall–Kier alpha value is -2.28. The average Bonchev–Trinajstić information content (AvgIpc) is 2.32. The second-order valence-electron chi connectivity index (χ2n) is 3.47. The molecule has 1 heterocycles. The monoisotopic (exact) mass is 287 g/mol. The average molecular weight is 288 g/mol. The van der Waals surface area contributed by atoms with Gasteiger partial charge in [0, 0.05) is 11.8 Å². The molecule has 1 aromatic carbocycles. The molecule has 0 bridgehead atoms. The SMILES string of the molecule is Cl.NC(=O)c1cnc(=O)[nH]c1-c1ccc(F)c(F)c1. The molecule has 0 aliphatic rings. The first-order valence-corrected chi connectivity index (χ1v) is 4.83. The normalized spacial score (nSPS) is 9.79. The highest BCUT2D eigenvalue weighted by Crippen LogP contribution is 2.21. The van der Waals surface area contributed by atoms with Crippen molar-refractivity contribution < 1.29 is 13.6 Å². The van der Waals surface area contributed by atoms with E-state index in [-0.39, 0.29) is 29.2 Å². The van der Waals surface area contributed by atoms with E-state index in [0.717, 1.165) is 18.3 Å². The molecule has 3 N–H and O–H groups in total. The molecule has 0 unspecified atom stereocenters. The van der Waals surface area contributed by atoms with Crippen LogP contribution in [0.25, 0.3) is 11.3 Å². The van der Waals surface area contributed by atoms with Crippen molar-refractivity contribution >= 4 is 18.3 Å². The maximum atomic E-state index is 13.1. The lowest BCUT2D eigenvalue weighted by Gasteiger charge is -2.06. The number of halogens is 3. The summed E-state index contributed by atoms with van der Waals surface area (Å²) < 4.78 is 25.9. The van der Waals surface area contributed by atoms with Crippen molar-refractivity contribution in [1.82, 2.24) is 9.97 Å². The van der Waals surface area contributed by atoms with Gasteiger partial charge in [-0.2, -0.15) is 0 Å². The Bertz CT molecular complexity index is 688. The molecular weight excluding hydrogens is 280 g/mol. The Balaban J connectivity index is 0.00000180. The van der Waals surface area contributed by atoms with Crippen LogP contribution in [-0.2, 0) is 0 Å². The summed E-state index contributed by atoms with van der Waals surface area (Å²) in [7, 11) is 0. The number of primary amides is 1. The molecule has 0 spiro atoms. The summed E-state index contributed by atoms with van der Waals surface area (Å²) in [4.78, 5) is 27.9. The number of rotatable bonds is 2. The first kappa shape index (κ1) is 14.8. The summed E-state index contributed by atoms with van der Waals surface area (Å²) in [5.41, 5.74) is 4.42. The molecular formula is C11H8ClF2N3O2. The lowest BCUT2D eigenvalue weighted by atomic mass is 10.1. The first-order valence-electron chi connectivity index (χ1n) is 4.83. The zero-order valence-electron chi connectivity index (χ0n) is 9.31. The van der Waals surface area contributed by atoms with Crippen molar-refractivity contribution in [2.24, 2.45) is 5.73 Å². The first-order chi connectivity index (χ1) is 8.49. The third-order valence-corrected chi connectivity index (χ3v) is 2.29. The number of nitrogens with one attached hydrogen (secondary N) is 1. The van der Waals surface area contributed by atoms with Gasteiger partial charge in [-0.05, 0) is 18.2 Å². The Morgan fingerprint density at radius 3 is 2.53 bits per heavy atom. The molecule has 0 radical (unpaired) electrons. The molecule has 8 heteroatoms. The highest BCUT2D eigenvalue weighted by atomic mass is 35.5. The van der Waals surface area contributed by atoms with Crippen LogP contribution in [0.5, 0.6) is 0 Å². The van der Waals surface area contributed by atoms with Crippen LogP contribution in [0, 0.1) is 11.6 Å². The van der Waals surface area contributed by atoms with Crippen LogP contribution in [0.4, 0.5) is 8.78 Å². The molecule has 2 aromatic rings. The third kappa shape index (κ3) is 2.94. The molecule has 2 rings (SSSR count). The number of nitrogens with two attached hydrogens (primary N) is 1. The van der Waals surface area contributed by atoms with Crippen LogP contribution in [0.3, 0.4) is 0 Å². The van der Waals surface area contributed by atoms with Crippen LogP contribution < -0.4 is 11.4 Å². The second kappa shape index (κ2) is 5.57. The zero-order chi connectivity index (χ0) is 13.3. The summed E-state index contributed by atoms with van der Waals surface area (Å²) in [6, 6.07) is 2.96. The van der Waals surface area contributed by atoms with Crippen LogP contribution >= 0.6 is 12.4 Å². The van der Waals surface area contributed by atoms with Crippen LogP contribution in [-0.4, -0.2) is 15.9 Å². The highest BCUT2D eigenvalue weighted by Gasteiger charge is 2.13. The largest absolute Gasteiger partial charge is 0.365 e. The van der Waals surface area contributed by atoms with Crippen molar-refractivity contribution in [1.29, 1.82) is 0 Å². The van der Waals surface area contributed by atoms with Gasteiger partial charge >= 0.3 is 5.69 Å². The quantitative estimate of drug-likeness (QED) is 0.871. The fraction of sp³-hybridized carbons (Fsp3) is 0. The van der Waals surface area contributed by atoms with Crippen LogP contribution in [0.2, 0.25) is 0 Å². The minimum atomic E-state index is -1.10. The van der Waals surface area contributed by atoms with Gasteiger partial charge in [0.1, 0.15) is 0 Å². The second-order valence-corrected chi connectivity index (χ2v) is 3.47. The molecule has 0 saturated heterocycles. The predicted octanol–water partition coefficient (Wildman–Crippen LogP) is 1.24. The van der Waals surface area contributed by atoms with Gasteiger partial charge in [-0.3, -0.25) is 4.79 Å². The number of carbonyl (C=O) groups excluding carboxylic acids is 1. The van der Waals surface area contributed by atoms with E-state index in [1.165, 1.54) is 6.07 Å². The fourth-order valence-corrected chi connectivity index (χ4v) is 1.46. The van der Waals surface area contributed by atoms with Gasteiger partial charge in [0.05, 0.1) is 11.3 Å². The molecule has 0 aliphatic heterocycles. The molecule has 1 aromatic heterocycles. The minimum Gasteiger partial charge on any atom is -0.365 e. The Kier molecular flexibility index (Phi) is 4.34. The molecule has 0 saturated carbocycles. The van der Waals surface area contributed by atoms with E-state index in [1.807, 2.05) is 0 Å². The maximum Gasteiger partial charge on any atom is 0.345 e. The van der Waals surface area contributed by atoms with E-state index in [9.17, 15) is 18.4 Å². The summed E-state index contributed by atoms with van der Waals surface area (Å²) in [6.07, 6.45) is 0.984. The van der Waals surface area contributed by atoms with Crippen molar-refractivity contribution in [3.63, 3.8) is 0 Å². The van der Waals surface area contributed by atoms with E-state index >= 15 is 0 Å². The Morgan fingerprint density at radius 1 is 1.26 bits per heavy atom. The molecule has 0 atom stereocenters. The highest BCUT2D eigenvalue weighted by molar-refractivity contribution is 5.98. The molecule has 0 fully saturated rings. The molecule has 0 aliphatic carbocycles. The van der Waals surface area contributed by atoms with Gasteiger partial charge in [-0.25, -0.2) is 18.6 Å². The molecule has 100 valence electrons. The van der Waals surface area contributed by atoms with Crippen molar-refractivity contribution in [3.05, 3.63) is 52.1 Å². The van der Waals surface area contributed by atoms with Gasteiger partial charge in [-0.15, -0.1) is 12.4 Å². The van der Waals surface area contributed by atoms with E-state index in [1.54, 1.807) is 0 Å². The third-order valence-electron chi connectivity index (χ3n) is 2.29. The van der Waals surface area contributed by atoms with Gasteiger partial charge in [-0.1, -0.05) is 0 Å². The number of nitrogens with zero attached hydrogens (tertiary/aromatic N) is 1. The number of hydrogen-bond acceptors (Lipinski definition) is 3. The minimum absolute atomic E-state index is 0. The number of aromatic amines is 1. The van der Waals surface area contributed by atoms with Crippen LogP contribution in [0.15, 0.2) is 29.2 Å². The van der Waals surface area contributed by atoms with Crippen LogP contribution in [0.1, 0.15) is 10.4 Å². The molecule has 5 nitrogen and oxygen atoms in total. The number of aromatic nitrogens is 2. The van der Waals surface area contributed by atoms with E-state index < -0.39 is 23.2 Å². The Morgan fingerprint density at radius 2 is 1.95 bits per heavy atom. The number of carbonyl (C=O) groups is 1. The number of amides is 1. The molecule has 1 amide bonds. The number of H-pyrrole nitrogens is 1. The topological polar surface area (TPSA) is 88.8 Å². The van der Waals surface area contributed by atoms with Gasteiger partial charge in [0.15, 0.2) is 11.6 Å². The van der Waals surface area contributed by atoms with Gasteiger partial charge in [0.25, 0.3) is 5.91 Å². The number of hydrogen-bond donors (Lipinski definition) is 2. The van der Waals surface area contributed by atoms with Crippen molar-refractivity contribution in [2.75, 3.05) is 0 Å². The Labute approximate surface area is 111 Å². The zero-order valence-corrected chi connectivity index (χ0v) is 10.1. The smallest absolute Gasteiger partial charge is 0.345 e. The lowest BCUT2D eigenvalue weighted by Crippen LogP contribution is -2.19. The van der Waals surface area contributed by atoms with E-state index in [2.05, 4.69) is 9.97 Å². The summed E-state index contributed by atoms with van der Waals surface area (Å²) in [6.45, 7) is 0. The molecule has 19 heavy (non-hydrogen) atoms. The van der Waals surface area contributed by atoms with Gasteiger partial charge in [0.2, 0.25) is 0 Å². The van der Waals surface area contributed by atoms with E-state index in [0.29, 0.717) is 0 Å². The van der Waals surface area contributed by atoms with E-state index in [4.69, 9.17) is 5.73 Å². The maximum absolute atomic E-state index is 13.1. The lowest BCUT2D eigenvalue weighted by molar-refractivity contribution is 0.1000. The summed E-state index contributed by atoms with van der Waals surface area (Å²) in [5.74, 6) is -2.96. The number of benzene rings is 1. The summed E-state index contributed by atoms with van der Waals surface area (Å²) >= 11 is 0. The summed E-state index contributed by atoms with van der Waals surface area (Å²) in [5, 5.41) is 0. The fourth-order valence-electron chi connectivity index (χ4n) is 1.46.